The predicted molar refractivity (Wildman–Crippen MR) is 90.4 cm³/mol. The highest BCUT2D eigenvalue weighted by molar-refractivity contribution is 9.10. The van der Waals surface area contributed by atoms with Crippen LogP contribution in [0.2, 0.25) is 0 Å². The maximum atomic E-state index is 11.7. The quantitative estimate of drug-likeness (QED) is 0.609. The molecule has 0 heterocycles. The van der Waals surface area contributed by atoms with Crippen molar-refractivity contribution in [1.29, 1.82) is 0 Å². The van der Waals surface area contributed by atoms with E-state index >= 15 is 0 Å². The minimum absolute atomic E-state index is 0.0388. The van der Waals surface area contributed by atoms with Crippen LogP contribution in [-0.2, 0) is 15.7 Å². The Kier molecular flexibility index (Phi) is 5.35. The highest BCUT2D eigenvalue weighted by Gasteiger charge is 2.20. The summed E-state index contributed by atoms with van der Waals surface area (Å²) in [6, 6.07) is 10.8. The zero-order valence-electron chi connectivity index (χ0n) is 10.9. The average molecular weight is 455 g/mol. The van der Waals surface area contributed by atoms with E-state index in [2.05, 4.69) is 31.9 Å². The molecule has 0 radical (unpaired) electrons. The lowest BCUT2D eigenvalue weighted by atomic mass is 10.2. The minimum Gasteiger partial charge on any atom is -0.487 e. The van der Waals surface area contributed by atoms with E-state index in [1.807, 2.05) is 24.3 Å². The van der Waals surface area contributed by atoms with Crippen LogP contribution in [0.4, 0.5) is 0 Å². The van der Waals surface area contributed by atoms with Crippen LogP contribution in [0.1, 0.15) is 11.1 Å². The standard InChI is InChI=1S/C14H11Br2ClO3S/c1-9-6-11(15)7-13(21(17,18)19)14(9)20-8-10-4-2-3-5-12(10)16/h2-7H,8H2,1H3. The molecule has 3 nitrogen and oxygen atoms in total. The van der Waals surface area contributed by atoms with E-state index in [0.717, 1.165) is 10.0 Å². The van der Waals surface area contributed by atoms with Gasteiger partial charge in [-0.15, -0.1) is 0 Å². The van der Waals surface area contributed by atoms with E-state index in [9.17, 15) is 8.42 Å². The molecule has 0 spiro atoms. The van der Waals surface area contributed by atoms with Gasteiger partial charge < -0.3 is 4.74 Å². The Hall–Kier alpha value is -0.560. The topological polar surface area (TPSA) is 43.4 Å². The van der Waals surface area contributed by atoms with Crippen LogP contribution >= 0.6 is 42.5 Å². The second-order valence-corrected chi connectivity index (χ2v) is 8.67. The third-order valence-electron chi connectivity index (χ3n) is 2.80. The maximum Gasteiger partial charge on any atom is 0.265 e. The molecule has 0 atom stereocenters. The van der Waals surface area contributed by atoms with Gasteiger partial charge >= 0.3 is 0 Å². The number of aryl methyl sites for hydroxylation is 1. The molecule has 0 saturated carbocycles. The summed E-state index contributed by atoms with van der Waals surface area (Å²) < 4.78 is 30.6. The Morgan fingerprint density at radius 1 is 1.19 bits per heavy atom. The summed E-state index contributed by atoms with van der Waals surface area (Å²) in [6.45, 7) is 2.01. The van der Waals surface area contributed by atoms with Crippen LogP contribution in [0.3, 0.4) is 0 Å². The summed E-state index contributed by atoms with van der Waals surface area (Å²) in [4.78, 5) is -0.0388. The molecule has 0 aliphatic heterocycles. The second-order valence-electron chi connectivity index (χ2n) is 4.37. The zero-order valence-corrected chi connectivity index (χ0v) is 15.7. The van der Waals surface area contributed by atoms with Gasteiger partial charge in [-0.3, -0.25) is 0 Å². The molecule has 0 unspecified atom stereocenters. The SMILES string of the molecule is Cc1cc(Br)cc(S(=O)(=O)Cl)c1OCc1ccccc1Br. The summed E-state index contributed by atoms with van der Waals surface area (Å²) in [5, 5.41) is 0. The van der Waals surface area contributed by atoms with Crippen LogP contribution in [-0.4, -0.2) is 8.42 Å². The Bertz CT molecular complexity index is 776. The molecule has 0 aliphatic carbocycles. The fourth-order valence-corrected chi connectivity index (χ4v) is 4.01. The van der Waals surface area contributed by atoms with Crippen molar-refractivity contribution in [2.45, 2.75) is 18.4 Å². The highest BCUT2D eigenvalue weighted by Crippen LogP contribution is 2.34. The van der Waals surface area contributed by atoms with Gasteiger partial charge in [0.2, 0.25) is 0 Å². The monoisotopic (exact) mass is 452 g/mol. The van der Waals surface area contributed by atoms with E-state index < -0.39 is 9.05 Å². The molecule has 7 heteroatoms. The van der Waals surface area contributed by atoms with Gasteiger partial charge in [-0.25, -0.2) is 8.42 Å². The number of rotatable bonds is 4. The van der Waals surface area contributed by atoms with Crippen molar-refractivity contribution in [2.75, 3.05) is 0 Å². The third kappa shape index (κ3) is 4.22. The number of ether oxygens (including phenoxy) is 1. The lowest BCUT2D eigenvalue weighted by molar-refractivity contribution is 0.295. The number of halogens is 3. The number of hydrogen-bond acceptors (Lipinski definition) is 3. The van der Waals surface area contributed by atoms with E-state index in [4.69, 9.17) is 15.4 Å². The molecule has 0 fully saturated rings. The number of hydrogen-bond donors (Lipinski definition) is 0. The Morgan fingerprint density at radius 2 is 1.86 bits per heavy atom. The van der Waals surface area contributed by atoms with Crippen molar-refractivity contribution >= 4 is 51.6 Å². The van der Waals surface area contributed by atoms with Crippen molar-refractivity contribution in [3.05, 3.63) is 56.5 Å². The molecule has 21 heavy (non-hydrogen) atoms. The molecule has 0 bridgehead atoms. The van der Waals surface area contributed by atoms with Crippen molar-refractivity contribution < 1.29 is 13.2 Å². The fraction of sp³-hybridized carbons (Fsp3) is 0.143. The smallest absolute Gasteiger partial charge is 0.265 e. The summed E-state index contributed by atoms with van der Waals surface area (Å²) in [7, 11) is 1.60. The molecule has 2 aromatic carbocycles. The normalized spacial score (nSPS) is 11.4. The van der Waals surface area contributed by atoms with Gasteiger partial charge in [0.25, 0.3) is 9.05 Å². The van der Waals surface area contributed by atoms with E-state index in [1.165, 1.54) is 6.07 Å². The van der Waals surface area contributed by atoms with Gasteiger partial charge in [0.1, 0.15) is 17.3 Å². The van der Waals surface area contributed by atoms with Crippen molar-refractivity contribution in [3.8, 4) is 5.75 Å². The lowest BCUT2D eigenvalue weighted by Gasteiger charge is -2.14. The van der Waals surface area contributed by atoms with Gasteiger partial charge in [-0.2, -0.15) is 0 Å². The third-order valence-corrected chi connectivity index (χ3v) is 5.36. The van der Waals surface area contributed by atoms with Crippen molar-refractivity contribution in [1.82, 2.24) is 0 Å². The maximum absolute atomic E-state index is 11.7. The van der Waals surface area contributed by atoms with Crippen molar-refractivity contribution in [3.63, 3.8) is 0 Å². The zero-order chi connectivity index (χ0) is 15.6. The predicted octanol–water partition coefficient (Wildman–Crippen LogP) is 5.03. The summed E-state index contributed by atoms with van der Waals surface area (Å²) in [6.07, 6.45) is 0. The molecular formula is C14H11Br2ClO3S. The first-order valence-corrected chi connectivity index (χ1v) is 9.79. The Labute approximate surface area is 144 Å². The lowest BCUT2D eigenvalue weighted by Crippen LogP contribution is -2.03. The van der Waals surface area contributed by atoms with E-state index in [-0.39, 0.29) is 17.3 Å². The molecule has 2 aromatic rings. The second kappa shape index (κ2) is 6.69. The molecule has 0 amide bonds. The van der Waals surface area contributed by atoms with Crippen LogP contribution in [0.15, 0.2) is 50.2 Å². The van der Waals surface area contributed by atoms with Crippen LogP contribution in [0, 0.1) is 6.92 Å². The first kappa shape index (κ1) is 16.8. The summed E-state index contributed by atoms with van der Waals surface area (Å²) >= 11 is 6.69. The highest BCUT2D eigenvalue weighted by atomic mass is 79.9. The molecule has 2 rings (SSSR count). The summed E-state index contributed by atoms with van der Waals surface area (Å²) in [5.74, 6) is 0.268. The van der Waals surface area contributed by atoms with Crippen molar-refractivity contribution in [2.24, 2.45) is 0 Å². The number of benzene rings is 2. The molecule has 0 N–H and O–H groups in total. The minimum atomic E-state index is -3.89. The van der Waals surface area contributed by atoms with E-state index in [0.29, 0.717) is 10.0 Å². The average Bonchev–Trinajstić information content (AvgIpc) is 2.37. The van der Waals surface area contributed by atoms with Crippen LogP contribution < -0.4 is 4.74 Å². The molecule has 112 valence electrons. The van der Waals surface area contributed by atoms with Gasteiger partial charge in [0.15, 0.2) is 0 Å². The largest absolute Gasteiger partial charge is 0.487 e. The van der Waals surface area contributed by atoms with Crippen LogP contribution in [0.5, 0.6) is 5.75 Å². The molecule has 0 saturated heterocycles. The first-order valence-electron chi connectivity index (χ1n) is 5.90. The Balaban J connectivity index is 2.39. The van der Waals surface area contributed by atoms with Gasteiger partial charge in [0.05, 0.1) is 0 Å². The molecule has 0 aliphatic rings. The molecular weight excluding hydrogens is 443 g/mol. The summed E-state index contributed by atoms with van der Waals surface area (Å²) in [5.41, 5.74) is 1.60. The Morgan fingerprint density at radius 3 is 2.48 bits per heavy atom. The van der Waals surface area contributed by atoms with E-state index in [1.54, 1.807) is 13.0 Å². The van der Waals surface area contributed by atoms with Gasteiger partial charge in [-0.1, -0.05) is 50.1 Å². The van der Waals surface area contributed by atoms with Crippen LogP contribution in [0.25, 0.3) is 0 Å². The molecule has 0 aromatic heterocycles. The van der Waals surface area contributed by atoms with Gasteiger partial charge in [-0.05, 0) is 30.7 Å². The fourth-order valence-electron chi connectivity index (χ4n) is 1.83. The van der Waals surface area contributed by atoms with Gasteiger partial charge in [0, 0.05) is 25.2 Å². The first-order chi connectivity index (χ1) is 9.79.